The third kappa shape index (κ3) is 2.18. The second-order valence-electron chi connectivity index (χ2n) is 3.13. The molecule has 2 rings (SSSR count). The molecule has 2 unspecified atom stereocenters. The zero-order valence-electron chi connectivity index (χ0n) is 8.17. The topological polar surface area (TPSA) is 76.4 Å². The molecule has 0 spiro atoms. The van der Waals surface area contributed by atoms with Crippen molar-refractivity contribution in [3.8, 4) is 0 Å². The van der Waals surface area contributed by atoms with Gasteiger partial charge in [-0.2, -0.15) is 4.98 Å². The van der Waals surface area contributed by atoms with Crippen molar-refractivity contribution in [2.45, 2.75) is 11.7 Å². The number of aliphatic hydroxyl groups is 1. The molecule has 0 radical (unpaired) electrons. The number of nitrogens with one attached hydrogen (secondary N) is 1. The van der Waals surface area contributed by atoms with Crippen molar-refractivity contribution in [3.63, 3.8) is 0 Å². The Labute approximate surface area is 94.4 Å². The first-order valence-electron chi connectivity index (χ1n) is 4.58. The number of anilines is 1. The normalized spacial score (nSPS) is 24.6. The van der Waals surface area contributed by atoms with Gasteiger partial charge in [0.05, 0.1) is 6.61 Å². The second-order valence-corrected chi connectivity index (χ2v) is 4.33. The molecule has 88 valence electrons. The van der Waals surface area contributed by atoms with Gasteiger partial charge < -0.3 is 9.84 Å². The maximum atomic E-state index is 12.0. The molecule has 2 heterocycles. The number of thioether (sulfide) groups is 1. The van der Waals surface area contributed by atoms with Crippen LogP contribution in [0.2, 0.25) is 0 Å². The summed E-state index contributed by atoms with van der Waals surface area (Å²) in [5.74, 6) is 0.417. The van der Waals surface area contributed by atoms with Crippen LogP contribution in [0.3, 0.4) is 0 Å². The van der Waals surface area contributed by atoms with Crippen LogP contribution in [0.4, 0.5) is 10.3 Å². The molecule has 1 aliphatic heterocycles. The summed E-state index contributed by atoms with van der Waals surface area (Å²) in [7, 11) is 0. The summed E-state index contributed by atoms with van der Waals surface area (Å²) in [6, 6.07) is 1.34. The van der Waals surface area contributed by atoms with E-state index in [1.54, 1.807) is 0 Å². The minimum Gasteiger partial charge on any atom is -0.393 e. The highest BCUT2D eigenvalue weighted by Gasteiger charge is 2.27. The Morgan fingerprint density at radius 3 is 3.19 bits per heavy atom. The van der Waals surface area contributed by atoms with Crippen molar-refractivity contribution in [1.82, 2.24) is 9.55 Å². The molecule has 0 aliphatic carbocycles. The maximum absolute atomic E-state index is 12.0. The summed E-state index contributed by atoms with van der Waals surface area (Å²) < 4.78 is 18.6. The minimum absolute atomic E-state index is 0.104. The van der Waals surface area contributed by atoms with E-state index in [4.69, 9.17) is 9.84 Å². The lowest BCUT2D eigenvalue weighted by Crippen LogP contribution is -2.28. The fourth-order valence-electron chi connectivity index (χ4n) is 1.37. The molecule has 0 bridgehead atoms. The van der Waals surface area contributed by atoms with Crippen molar-refractivity contribution in [3.05, 3.63) is 22.7 Å². The summed E-state index contributed by atoms with van der Waals surface area (Å²) in [6.07, 6.45) is 0.943. The van der Waals surface area contributed by atoms with Gasteiger partial charge in [0, 0.05) is 11.9 Å². The smallest absolute Gasteiger partial charge is 0.351 e. The fraction of sp³-hybridized carbons (Fsp3) is 0.500. The third-order valence-electron chi connectivity index (χ3n) is 2.12. The van der Waals surface area contributed by atoms with E-state index in [-0.39, 0.29) is 17.9 Å². The van der Waals surface area contributed by atoms with Gasteiger partial charge in [0.15, 0.2) is 5.82 Å². The van der Waals surface area contributed by atoms with Gasteiger partial charge in [-0.25, -0.2) is 10.3 Å². The quantitative estimate of drug-likeness (QED) is 0.739. The largest absolute Gasteiger partial charge is 0.393 e. The molecule has 0 amide bonds. The number of aromatic nitrogens is 2. The van der Waals surface area contributed by atoms with E-state index in [1.165, 1.54) is 34.1 Å². The number of rotatable bonds is 3. The highest BCUT2D eigenvalue weighted by atomic mass is 32.2. The zero-order valence-corrected chi connectivity index (χ0v) is 8.98. The highest BCUT2D eigenvalue weighted by molar-refractivity contribution is 8.00. The Morgan fingerprint density at radius 2 is 2.62 bits per heavy atom. The Balaban J connectivity index is 2.19. The van der Waals surface area contributed by atoms with E-state index in [2.05, 4.69) is 4.98 Å². The van der Waals surface area contributed by atoms with Crippen LogP contribution in [0.25, 0.3) is 0 Å². The van der Waals surface area contributed by atoms with E-state index in [1.807, 2.05) is 0 Å². The summed E-state index contributed by atoms with van der Waals surface area (Å²) in [5.41, 5.74) is 0.381. The van der Waals surface area contributed by atoms with E-state index in [9.17, 15) is 9.28 Å². The molecule has 1 fully saturated rings. The van der Waals surface area contributed by atoms with Crippen LogP contribution in [0, 0.1) is 0 Å². The Hall–Kier alpha value is -1.12. The number of hydrogen-bond donors (Lipinski definition) is 2. The number of halogens is 1. The van der Waals surface area contributed by atoms with Gasteiger partial charge in [-0.05, 0) is 6.07 Å². The van der Waals surface area contributed by atoms with Crippen molar-refractivity contribution >= 4 is 17.6 Å². The summed E-state index contributed by atoms with van der Waals surface area (Å²) in [5, 5.41) is 8.87. The zero-order chi connectivity index (χ0) is 11.5. The van der Waals surface area contributed by atoms with Crippen molar-refractivity contribution < 1.29 is 14.3 Å². The summed E-state index contributed by atoms with van der Waals surface area (Å²) in [6.45, 7) is -0.104. The molecule has 8 heteroatoms. The van der Waals surface area contributed by atoms with Crippen molar-refractivity contribution in [1.29, 1.82) is 0 Å². The first-order valence-corrected chi connectivity index (χ1v) is 5.63. The van der Waals surface area contributed by atoms with Gasteiger partial charge in [-0.15, -0.1) is 16.2 Å². The SMILES string of the molecule is O=c1nc(NF)ccn1C1CSC(CO)O1. The predicted molar refractivity (Wildman–Crippen MR) is 56.7 cm³/mol. The van der Waals surface area contributed by atoms with E-state index in [0.29, 0.717) is 5.75 Å². The van der Waals surface area contributed by atoms with Crippen LogP contribution in [0.1, 0.15) is 6.23 Å². The molecule has 2 N–H and O–H groups in total. The highest BCUT2D eigenvalue weighted by Crippen LogP contribution is 2.30. The van der Waals surface area contributed by atoms with Gasteiger partial charge in [0.1, 0.15) is 11.7 Å². The van der Waals surface area contributed by atoms with Gasteiger partial charge in [-0.1, -0.05) is 0 Å². The van der Waals surface area contributed by atoms with Gasteiger partial charge in [0.2, 0.25) is 0 Å². The average Bonchev–Trinajstić information content (AvgIpc) is 2.77. The van der Waals surface area contributed by atoms with E-state index >= 15 is 0 Å². The first kappa shape index (κ1) is 11.4. The number of ether oxygens (including phenoxy) is 1. The molecule has 1 aromatic heterocycles. The van der Waals surface area contributed by atoms with Crippen LogP contribution >= 0.6 is 11.8 Å². The monoisotopic (exact) mass is 247 g/mol. The molecule has 1 aliphatic rings. The molecule has 1 aromatic rings. The molecule has 1 saturated heterocycles. The van der Waals surface area contributed by atoms with Gasteiger partial charge in [0.25, 0.3) is 0 Å². The van der Waals surface area contributed by atoms with Crippen LogP contribution in [0.15, 0.2) is 17.1 Å². The molecular formula is C8H10FN3O3S. The third-order valence-corrected chi connectivity index (χ3v) is 3.23. The summed E-state index contributed by atoms with van der Waals surface area (Å²) in [4.78, 5) is 14.9. The van der Waals surface area contributed by atoms with Crippen molar-refractivity contribution in [2.75, 3.05) is 17.9 Å². The first-order chi connectivity index (χ1) is 7.74. The van der Waals surface area contributed by atoms with Crippen molar-refractivity contribution in [2.24, 2.45) is 0 Å². The minimum atomic E-state index is -0.591. The van der Waals surface area contributed by atoms with E-state index in [0.717, 1.165) is 0 Å². The number of aliphatic hydroxyl groups excluding tert-OH is 1. The predicted octanol–water partition coefficient (Wildman–Crippen LogP) is 0.120. The van der Waals surface area contributed by atoms with Gasteiger partial charge >= 0.3 is 5.69 Å². The van der Waals surface area contributed by atoms with Crippen LogP contribution < -0.4 is 11.2 Å². The average molecular weight is 247 g/mol. The van der Waals surface area contributed by atoms with Crippen LogP contribution in [-0.4, -0.2) is 32.5 Å². The van der Waals surface area contributed by atoms with E-state index < -0.39 is 11.9 Å². The molecule has 0 aromatic carbocycles. The number of hydrogen-bond acceptors (Lipinski definition) is 6. The van der Waals surface area contributed by atoms with Gasteiger partial charge in [-0.3, -0.25) is 4.57 Å². The Bertz CT molecular complexity index is 427. The lowest BCUT2D eigenvalue weighted by molar-refractivity contribution is -0.00630. The molecule has 0 saturated carbocycles. The molecule has 2 atom stereocenters. The number of nitrogens with zero attached hydrogens (tertiary/aromatic N) is 2. The molecule has 6 nitrogen and oxygen atoms in total. The standard InChI is InChI=1S/C8H10FN3O3S/c9-11-5-1-2-12(8(14)10-5)6-4-16-7(3-13)15-6/h1-2,6-7,13H,3-4H2,(H,10,11,14). The van der Waals surface area contributed by atoms with Crippen LogP contribution in [-0.2, 0) is 4.74 Å². The lowest BCUT2D eigenvalue weighted by Gasteiger charge is -2.13. The second kappa shape index (κ2) is 4.81. The fourth-order valence-corrected chi connectivity index (χ4v) is 2.30. The summed E-state index contributed by atoms with van der Waals surface area (Å²) >= 11 is 1.41. The Kier molecular flexibility index (Phi) is 3.42. The molecule has 16 heavy (non-hydrogen) atoms. The lowest BCUT2D eigenvalue weighted by atomic mass is 10.5. The maximum Gasteiger partial charge on any atom is 0.351 e. The van der Waals surface area contributed by atoms with Crippen LogP contribution in [0.5, 0.6) is 0 Å². The molecular weight excluding hydrogens is 237 g/mol. The Morgan fingerprint density at radius 1 is 1.81 bits per heavy atom.